The van der Waals surface area contributed by atoms with Gasteiger partial charge in [-0.3, -0.25) is 25.0 Å². The summed E-state index contributed by atoms with van der Waals surface area (Å²) >= 11 is 0. The maximum atomic E-state index is 12.9. The molecule has 0 saturated heterocycles. The van der Waals surface area contributed by atoms with Crippen molar-refractivity contribution in [2.24, 2.45) is 5.92 Å². The van der Waals surface area contributed by atoms with Crippen molar-refractivity contribution in [3.8, 4) is 0 Å². The van der Waals surface area contributed by atoms with E-state index in [1.165, 1.54) is 24.3 Å². The molecule has 1 fully saturated rings. The molecule has 0 aliphatic heterocycles. The quantitative estimate of drug-likeness (QED) is 0.424. The van der Waals surface area contributed by atoms with Crippen LogP contribution in [0.15, 0.2) is 59.7 Å². The van der Waals surface area contributed by atoms with Crippen LogP contribution < -0.4 is 0 Å². The summed E-state index contributed by atoms with van der Waals surface area (Å²) in [5.74, 6) is 0.209. The van der Waals surface area contributed by atoms with Gasteiger partial charge in [-0.05, 0) is 66.3 Å². The van der Waals surface area contributed by atoms with Gasteiger partial charge in [0, 0.05) is 35.4 Å². The van der Waals surface area contributed by atoms with Gasteiger partial charge in [0.25, 0.3) is 11.4 Å². The van der Waals surface area contributed by atoms with E-state index in [2.05, 4.69) is 6.92 Å². The SMILES string of the molecule is CC1C/C(=C/c2ccc([N+](=O)[O-])cc2)C(=O)/C(=C/c2ccc([N+](=O)[O-])cc2)C1. The number of nitrogens with zero attached hydrogens (tertiary/aromatic N) is 2. The highest BCUT2D eigenvalue weighted by molar-refractivity contribution is 6.14. The normalized spacial score (nSPS) is 19.8. The standard InChI is InChI=1S/C21H18N2O5/c1-14-10-17(12-15-2-6-19(7-3-15)22(25)26)21(24)18(11-14)13-16-4-8-20(9-5-16)23(27)28/h2-9,12-14H,10-11H2,1H3/b17-12-,18-13+. The maximum absolute atomic E-state index is 12.9. The molecule has 7 nitrogen and oxygen atoms in total. The average molecular weight is 378 g/mol. The predicted octanol–water partition coefficient (Wildman–Crippen LogP) is 4.97. The highest BCUT2D eigenvalue weighted by Gasteiger charge is 2.25. The summed E-state index contributed by atoms with van der Waals surface area (Å²) in [5, 5.41) is 21.5. The number of allylic oxidation sites excluding steroid dienone is 2. The van der Waals surface area contributed by atoms with Crippen molar-refractivity contribution in [1.29, 1.82) is 0 Å². The van der Waals surface area contributed by atoms with E-state index < -0.39 is 9.85 Å². The molecule has 0 bridgehead atoms. The first-order valence-corrected chi connectivity index (χ1v) is 8.78. The third-order valence-electron chi connectivity index (χ3n) is 4.61. The molecule has 0 spiro atoms. The predicted molar refractivity (Wildman–Crippen MR) is 106 cm³/mol. The summed E-state index contributed by atoms with van der Waals surface area (Å²) in [6, 6.07) is 12.1. The highest BCUT2D eigenvalue weighted by atomic mass is 16.6. The molecule has 0 amide bonds. The van der Waals surface area contributed by atoms with Gasteiger partial charge >= 0.3 is 0 Å². The van der Waals surface area contributed by atoms with Crippen LogP contribution in [0, 0.1) is 26.1 Å². The number of hydrogen-bond donors (Lipinski definition) is 0. The van der Waals surface area contributed by atoms with Crippen molar-refractivity contribution in [2.45, 2.75) is 19.8 Å². The first kappa shape index (κ1) is 19.2. The van der Waals surface area contributed by atoms with Gasteiger partial charge < -0.3 is 0 Å². The van der Waals surface area contributed by atoms with Gasteiger partial charge in [-0.2, -0.15) is 0 Å². The van der Waals surface area contributed by atoms with Crippen LogP contribution in [0.2, 0.25) is 0 Å². The molecule has 3 rings (SSSR count). The Bertz CT molecular complexity index is 909. The highest BCUT2D eigenvalue weighted by Crippen LogP contribution is 2.32. The number of hydrogen-bond acceptors (Lipinski definition) is 5. The largest absolute Gasteiger partial charge is 0.289 e. The van der Waals surface area contributed by atoms with Crippen molar-refractivity contribution >= 4 is 29.3 Å². The van der Waals surface area contributed by atoms with Crippen LogP contribution in [-0.2, 0) is 4.79 Å². The van der Waals surface area contributed by atoms with Crippen LogP contribution in [0.3, 0.4) is 0 Å². The first-order valence-electron chi connectivity index (χ1n) is 8.78. The van der Waals surface area contributed by atoms with Gasteiger partial charge in [-0.1, -0.05) is 6.92 Å². The molecule has 0 radical (unpaired) electrons. The van der Waals surface area contributed by atoms with E-state index in [4.69, 9.17) is 0 Å². The Morgan fingerprint density at radius 1 is 0.786 bits per heavy atom. The van der Waals surface area contributed by atoms with Crippen molar-refractivity contribution in [2.75, 3.05) is 0 Å². The molecule has 1 aliphatic carbocycles. The summed E-state index contributed by atoms with van der Waals surface area (Å²) in [4.78, 5) is 33.5. The van der Waals surface area contributed by atoms with E-state index in [-0.39, 0.29) is 23.1 Å². The Kier molecular flexibility index (Phi) is 5.44. The Hall–Kier alpha value is -3.61. The number of carbonyl (C=O) groups excluding carboxylic acids is 1. The molecular weight excluding hydrogens is 360 g/mol. The van der Waals surface area contributed by atoms with E-state index in [0.717, 1.165) is 11.1 Å². The van der Waals surface area contributed by atoms with Crippen molar-refractivity contribution in [3.63, 3.8) is 0 Å². The Labute approximate surface area is 161 Å². The van der Waals surface area contributed by atoms with E-state index in [9.17, 15) is 25.0 Å². The zero-order chi connectivity index (χ0) is 20.3. The molecule has 2 aromatic carbocycles. The molecule has 1 aliphatic rings. The van der Waals surface area contributed by atoms with Gasteiger partial charge in [0.15, 0.2) is 5.78 Å². The van der Waals surface area contributed by atoms with Crippen molar-refractivity contribution in [3.05, 3.63) is 91.0 Å². The molecular formula is C21H18N2O5. The number of carbonyl (C=O) groups is 1. The third-order valence-corrected chi connectivity index (χ3v) is 4.61. The number of nitro groups is 2. The van der Waals surface area contributed by atoms with E-state index in [0.29, 0.717) is 24.0 Å². The molecule has 1 unspecified atom stereocenters. The van der Waals surface area contributed by atoms with E-state index >= 15 is 0 Å². The summed E-state index contributed by atoms with van der Waals surface area (Å²) in [6.07, 6.45) is 4.80. The summed E-state index contributed by atoms with van der Waals surface area (Å²) in [7, 11) is 0. The van der Waals surface area contributed by atoms with Gasteiger partial charge in [0.1, 0.15) is 0 Å². The summed E-state index contributed by atoms with van der Waals surface area (Å²) in [6.45, 7) is 2.06. The minimum Gasteiger partial charge on any atom is -0.289 e. The monoisotopic (exact) mass is 378 g/mol. The zero-order valence-corrected chi connectivity index (χ0v) is 15.2. The Morgan fingerprint density at radius 2 is 1.14 bits per heavy atom. The van der Waals surface area contributed by atoms with E-state index in [1.807, 2.05) is 0 Å². The molecule has 28 heavy (non-hydrogen) atoms. The third kappa shape index (κ3) is 4.37. The second kappa shape index (κ2) is 7.96. The van der Waals surface area contributed by atoms with Gasteiger partial charge in [0.2, 0.25) is 0 Å². The fourth-order valence-corrected chi connectivity index (χ4v) is 3.25. The molecule has 1 atom stereocenters. The average Bonchev–Trinajstić information content (AvgIpc) is 2.66. The lowest BCUT2D eigenvalue weighted by Crippen LogP contribution is -2.18. The molecule has 7 heteroatoms. The number of non-ortho nitro benzene ring substituents is 2. The maximum Gasteiger partial charge on any atom is 0.269 e. The van der Waals surface area contributed by atoms with Gasteiger partial charge in [-0.15, -0.1) is 0 Å². The smallest absolute Gasteiger partial charge is 0.269 e. The van der Waals surface area contributed by atoms with Crippen LogP contribution in [0.25, 0.3) is 12.2 Å². The Morgan fingerprint density at radius 3 is 1.46 bits per heavy atom. The lowest BCUT2D eigenvalue weighted by Gasteiger charge is -2.22. The van der Waals surface area contributed by atoms with E-state index in [1.54, 1.807) is 36.4 Å². The van der Waals surface area contributed by atoms with Crippen LogP contribution in [0.1, 0.15) is 30.9 Å². The number of rotatable bonds is 4. The molecule has 2 aromatic rings. The fourth-order valence-electron chi connectivity index (χ4n) is 3.25. The minimum atomic E-state index is -0.462. The summed E-state index contributed by atoms with van der Waals surface area (Å²) < 4.78 is 0. The molecule has 142 valence electrons. The number of nitro benzene ring substituents is 2. The van der Waals surface area contributed by atoms with Crippen LogP contribution >= 0.6 is 0 Å². The van der Waals surface area contributed by atoms with Crippen molar-refractivity contribution < 1.29 is 14.6 Å². The lowest BCUT2D eigenvalue weighted by atomic mass is 9.81. The topological polar surface area (TPSA) is 103 Å². The summed E-state index contributed by atoms with van der Waals surface area (Å²) in [5.41, 5.74) is 2.78. The minimum absolute atomic E-state index is 0.00393. The van der Waals surface area contributed by atoms with Crippen molar-refractivity contribution in [1.82, 2.24) is 0 Å². The van der Waals surface area contributed by atoms with Crippen LogP contribution in [-0.4, -0.2) is 15.6 Å². The van der Waals surface area contributed by atoms with Crippen LogP contribution in [0.4, 0.5) is 11.4 Å². The number of Topliss-reactive ketones (excluding diaryl/α,β-unsaturated/α-hetero) is 1. The second-order valence-corrected chi connectivity index (χ2v) is 6.88. The zero-order valence-electron chi connectivity index (χ0n) is 15.2. The fraction of sp³-hybridized carbons (Fsp3) is 0.190. The molecule has 0 aromatic heterocycles. The first-order chi connectivity index (χ1) is 13.3. The molecule has 1 saturated carbocycles. The van der Waals surface area contributed by atoms with Crippen LogP contribution in [0.5, 0.6) is 0 Å². The number of ketones is 1. The molecule has 0 heterocycles. The second-order valence-electron chi connectivity index (χ2n) is 6.88. The van der Waals surface area contributed by atoms with Gasteiger partial charge in [0.05, 0.1) is 9.85 Å². The van der Waals surface area contributed by atoms with Gasteiger partial charge in [-0.25, -0.2) is 0 Å². The number of benzene rings is 2. The Balaban J connectivity index is 1.87. The molecule has 0 N–H and O–H groups in total. The lowest BCUT2D eigenvalue weighted by molar-refractivity contribution is -0.385.